The monoisotopic (exact) mass is 341 g/mol. The number of anilines is 1. The van der Waals surface area contributed by atoms with Crippen molar-refractivity contribution in [2.24, 2.45) is 0 Å². The van der Waals surface area contributed by atoms with Crippen molar-refractivity contribution in [1.29, 1.82) is 0 Å². The van der Waals surface area contributed by atoms with Gasteiger partial charge in [0.05, 0.1) is 5.69 Å². The third-order valence-corrected chi connectivity index (χ3v) is 4.47. The number of aryl methyl sites for hydroxylation is 1. The SMILES string of the molecule is O=C(CN1C(=O)COc2ccccc21)NCCc1nnc2n1CCC2. The van der Waals surface area contributed by atoms with Crippen LogP contribution in [0, 0.1) is 0 Å². The summed E-state index contributed by atoms with van der Waals surface area (Å²) in [5.41, 5.74) is 0.629. The molecule has 0 saturated heterocycles. The summed E-state index contributed by atoms with van der Waals surface area (Å²) >= 11 is 0. The number of hydrogen-bond acceptors (Lipinski definition) is 5. The van der Waals surface area contributed by atoms with Crippen molar-refractivity contribution >= 4 is 17.5 Å². The molecule has 2 aromatic rings. The summed E-state index contributed by atoms with van der Waals surface area (Å²) in [5, 5.41) is 11.2. The molecule has 25 heavy (non-hydrogen) atoms. The Morgan fingerprint density at radius 1 is 1.28 bits per heavy atom. The number of fused-ring (bicyclic) bond motifs is 2. The number of para-hydroxylation sites is 2. The summed E-state index contributed by atoms with van der Waals surface area (Å²) in [6, 6.07) is 7.22. The molecule has 0 atom stereocenters. The lowest BCUT2D eigenvalue weighted by Crippen LogP contribution is -2.45. The molecule has 2 aliphatic heterocycles. The first-order valence-corrected chi connectivity index (χ1v) is 8.42. The van der Waals surface area contributed by atoms with Crippen LogP contribution >= 0.6 is 0 Å². The largest absolute Gasteiger partial charge is 0.482 e. The van der Waals surface area contributed by atoms with Gasteiger partial charge in [0, 0.05) is 25.9 Å². The maximum atomic E-state index is 12.2. The lowest BCUT2D eigenvalue weighted by atomic mass is 10.2. The highest BCUT2D eigenvalue weighted by molar-refractivity contribution is 6.02. The Kier molecular flexibility index (Phi) is 4.09. The minimum absolute atomic E-state index is 0.0167. The molecule has 2 aliphatic rings. The molecule has 0 unspecified atom stereocenters. The van der Waals surface area contributed by atoms with E-state index in [0.29, 0.717) is 24.4 Å². The number of rotatable bonds is 5. The van der Waals surface area contributed by atoms with Crippen LogP contribution in [0.5, 0.6) is 5.75 Å². The summed E-state index contributed by atoms with van der Waals surface area (Å²) in [4.78, 5) is 25.8. The molecule has 1 aromatic carbocycles. The van der Waals surface area contributed by atoms with E-state index in [4.69, 9.17) is 4.74 Å². The highest BCUT2D eigenvalue weighted by atomic mass is 16.5. The van der Waals surface area contributed by atoms with E-state index in [9.17, 15) is 9.59 Å². The van der Waals surface area contributed by atoms with E-state index < -0.39 is 0 Å². The molecule has 1 aromatic heterocycles. The van der Waals surface area contributed by atoms with Gasteiger partial charge in [0.25, 0.3) is 5.91 Å². The van der Waals surface area contributed by atoms with Crippen LogP contribution in [-0.2, 0) is 29.0 Å². The molecule has 0 spiro atoms. The topological polar surface area (TPSA) is 89.3 Å². The summed E-state index contributed by atoms with van der Waals surface area (Å²) < 4.78 is 7.50. The van der Waals surface area contributed by atoms with Gasteiger partial charge in [-0.15, -0.1) is 10.2 Å². The van der Waals surface area contributed by atoms with Crippen LogP contribution in [0.3, 0.4) is 0 Å². The van der Waals surface area contributed by atoms with E-state index in [1.807, 2.05) is 12.1 Å². The van der Waals surface area contributed by atoms with E-state index >= 15 is 0 Å². The molecule has 0 aliphatic carbocycles. The maximum absolute atomic E-state index is 12.2. The van der Waals surface area contributed by atoms with Gasteiger partial charge >= 0.3 is 0 Å². The number of nitrogens with one attached hydrogen (secondary N) is 1. The lowest BCUT2D eigenvalue weighted by molar-refractivity contribution is -0.125. The molecule has 8 nitrogen and oxygen atoms in total. The number of benzene rings is 1. The molecular weight excluding hydrogens is 322 g/mol. The Hall–Kier alpha value is -2.90. The minimum Gasteiger partial charge on any atom is -0.482 e. The Morgan fingerprint density at radius 3 is 3.08 bits per heavy atom. The van der Waals surface area contributed by atoms with Gasteiger partial charge in [0.1, 0.15) is 23.9 Å². The van der Waals surface area contributed by atoms with Gasteiger partial charge in [-0.1, -0.05) is 12.1 Å². The molecule has 0 fully saturated rings. The van der Waals surface area contributed by atoms with E-state index in [0.717, 1.165) is 31.0 Å². The minimum atomic E-state index is -0.218. The predicted molar refractivity (Wildman–Crippen MR) is 89.3 cm³/mol. The normalized spacial score (nSPS) is 15.5. The molecule has 2 amide bonds. The average Bonchev–Trinajstić information content (AvgIpc) is 3.22. The molecule has 8 heteroatoms. The molecule has 130 valence electrons. The quantitative estimate of drug-likeness (QED) is 0.845. The third-order valence-electron chi connectivity index (χ3n) is 4.47. The number of ether oxygens (including phenoxy) is 1. The van der Waals surface area contributed by atoms with Crippen molar-refractivity contribution in [3.63, 3.8) is 0 Å². The van der Waals surface area contributed by atoms with Crippen LogP contribution in [0.2, 0.25) is 0 Å². The Balaban J connectivity index is 1.34. The van der Waals surface area contributed by atoms with E-state index in [2.05, 4.69) is 20.1 Å². The van der Waals surface area contributed by atoms with Crippen molar-refractivity contribution < 1.29 is 14.3 Å². The van der Waals surface area contributed by atoms with Crippen LogP contribution < -0.4 is 15.0 Å². The predicted octanol–water partition coefficient (Wildman–Crippen LogP) is 0.309. The number of carbonyl (C=O) groups is 2. The number of nitrogens with zero attached hydrogens (tertiary/aromatic N) is 4. The second-order valence-corrected chi connectivity index (χ2v) is 6.12. The molecular formula is C17H19N5O3. The molecule has 1 N–H and O–H groups in total. The van der Waals surface area contributed by atoms with Gasteiger partial charge in [-0.3, -0.25) is 14.5 Å². The van der Waals surface area contributed by atoms with Crippen molar-refractivity contribution in [3.8, 4) is 5.75 Å². The van der Waals surface area contributed by atoms with E-state index in [1.165, 1.54) is 4.90 Å². The zero-order valence-corrected chi connectivity index (χ0v) is 13.8. The Bertz CT molecular complexity index is 816. The first-order valence-electron chi connectivity index (χ1n) is 8.42. The molecule has 0 radical (unpaired) electrons. The molecule has 0 saturated carbocycles. The third kappa shape index (κ3) is 3.07. The fourth-order valence-electron chi connectivity index (χ4n) is 3.24. The Morgan fingerprint density at radius 2 is 2.16 bits per heavy atom. The number of carbonyl (C=O) groups excluding carboxylic acids is 2. The van der Waals surface area contributed by atoms with Gasteiger partial charge in [-0.25, -0.2) is 0 Å². The van der Waals surface area contributed by atoms with Gasteiger partial charge in [0.2, 0.25) is 5.91 Å². The fourth-order valence-corrected chi connectivity index (χ4v) is 3.24. The first kappa shape index (κ1) is 15.6. The standard InChI is InChI=1S/C17H19N5O3/c23-16(18-8-7-15-20-19-14-6-3-9-21(14)15)10-22-12-4-1-2-5-13(12)25-11-17(22)24/h1-2,4-5H,3,6-11H2,(H,18,23). The molecule has 4 rings (SSSR count). The second-order valence-electron chi connectivity index (χ2n) is 6.12. The van der Waals surface area contributed by atoms with Crippen LogP contribution in [-0.4, -0.2) is 46.3 Å². The average molecular weight is 341 g/mol. The van der Waals surface area contributed by atoms with Gasteiger partial charge in [0.15, 0.2) is 6.61 Å². The summed E-state index contributed by atoms with van der Waals surface area (Å²) in [6.07, 6.45) is 2.70. The van der Waals surface area contributed by atoms with Crippen LogP contribution in [0.15, 0.2) is 24.3 Å². The first-order chi connectivity index (χ1) is 12.2. The highest BCUT2D eigenvalue weighted by Gasteiger charge is 2.26. The van der Waals surface area contributed by atoms with Crippen LogP contribution in [0.25, 0.3) is 0 Å². The number of amides is 2. The second kappa shape index (κ2) is 6.54. The number of hydrogen-bond donors (Lipinski definition) is 1. The van der Waals surface area contributed by atoms with Crippen molar-refractivity contribution in [2.45, 2.75) is 25.8 Å². The van der Waals surface area contributed by atoms with Gasteiger partial charge in [-0.05, 0) is 18.6 Å². The Labute approximate surface area is 144 Å². The van der Waals surface area contributed by atoms with E-state index in [-0.39, 0.29) is 25.0 Å². The highest BCUT2D eigenvalue weighted by Crippen LogP contribution is 2.31. The van der Waals surface area contributed by atoms with Gasteiger partial charge < -0.3 is 14.6 Å². The number of aromatic nitrogens is 3. The van der Waals surface area contributed by atoms with Crippen LogP contribution in [0.1, 0.15) is 18.1 Å². The lowest BCUT2D eigenvalue weighted by Gasteiger charge is -2.28. The van der Waals surface area contributed by atoms with Gasteiger partial charge in [-0.2, -0.15) is 0 Å². The van der Waals surface area contributed by atoms with Crippen LogP contribution in [0.4, 0.5) is 5.69 Å². The maximum Gasteiger partial charge on any atom is 0.265 e. The summed E-state index contributed by atoms with van der Waals surface area (Å²) in [7, 11) is 0. The van der Waals surface area contributed by atoms with Crippen molar-refractivity contribution in [3.05, 3.63) is 35.9 Å². The van der Waals surface area contributed by atoms with E-state index in [1.54, 1.807) is 12.1 Å². The molecule has 3 heterocycles. The summed E-state index contributed by atoms with van der Waals surface area (Å²) in [6.45, 7) is 1.36. The molecule has 0 bridgehead atoms. The van der Waals surface area contributed by atoms with Crippen molar-refractivity contribution in [2.75, 3.05) is 24.6 Å². The zero-order chi connectivity index (χ0) is 17.2. The fraction of sp³-hybridized carbons (Fsp3) is 0.412. The van der Waals surface area contributed by atoms with Crippen molar-refractivity contribution in [1.82, 2.24) is 20.1 Å². The zero-order valence-electron chi connectivity index (χ0n) is 13.8. The summed E-state index contributed by atoms with van der Waals surface area (Å²) in [5.74, 6) is 2.13. The smallest absolute Gasteiger partial charge is 0.265 e.